The van der Waals surface area contributed by atoms with Gasteiger partial charge in [-0.25, -0.2) is 4.39 Å². The Kier molecular flexibility index (Phi) is 6.13. The quantitative estimate of drug-likeness (QED) is 0.507. The zero-order chi connectivity index (χ0) is 18.7. The molecule has 138 valence electrons. The van der Waals surface area contributed by atoms with Crippen LogP contribution in [0.4, 0.5) is 4.39 Å². The van der Waals surface area contributed by atoms with E-state index in [4.69, 9.17) is 14.0 Å². The highest BCUT2D eigenvalue weighted by Crippen LogP contribution is 2.39. The molecule has 1 saturated heterocycles. The number of halogens is 1. The fraction of sp³-hybridized carbons (Fsp3) is 0.600. The maximum absolute atomic E-state index is 14.6. The van der Waals surface area contributed by atoms with Crippen LogP contribution in [0.25, 0.3) is 0 Å². The van der Waals surface area contributed by atoms with E-state index >= 15 is 0 Å². The number of hydrogen-bond acceptors (Lipinski definition) is 3. The van der Waals surface area contributed by atoms with E-state index in [0.717, 1.165) is 5.56 Å². The molecule has 1 aromatic rings. The number of hydrogen-bond donors (Lipinski definition) is 0. The molecule has 0 unspecified atom stereocenters. The van der Waals surface area contributed by atoms with Crippen LogP contribution in [0, 0.1) is 5.41 Å². The Bertz CT molecular complexity index is 580. The van der Waals surface area contributed by atoms with Gasteiger partial charge in [-0.1, -0.05) is 50.3 Å². The lowest BCUT2D eigenvalue weighted by Gasteiger charge is -2.32. The molecule has 0 N–H and O–H groups in total. The summed E-state index contributed by atoms with van der Waals surface area (Å²) in [5.74, 6) is 0. The fourth-order valence-corrected chi connectivity index (χ4v) is 2.57. The third-order valence-electron chi connectivity index (χ3n) is 5.01. The zero-order valence-electron chi connectivity index (χ0n) is 16.3. The highest BCUT2D eigenvalue weighted by atomic mass is 19.1. The molecule has 1 aliphatic rings. The van der Waals surface area contributed by atoms with Crippen LogP contribution in [0.5, 0.6) is 0 Å². The van der Waals surface area contributed by atoms with Crippen molar-refractivity contribution in [2.75, 3.05) is 6.61 Å². The topological polar surface area (TPSA) is 27.7 Å². The molecule has 1 aliphatic heterocycles. The predicted octanol–water partition coefficient (Wildman–Crippen LogP) is 5.10. The SMILES string of the molecule is CC(C)(C=C(F)B1OC(C)(C)C(C)(C)O1)CCOCc1ccccc1. The van der Waals surface area contributed by atoms with Crippen molar-refractivity contribution in [3.05, 3.63) is 47.7 Å². The van der Waals surface area contributed by atoms with Gasteiger partial charge in [0.2, 0.25) is 0 Å². The second-order valence-corrected chi connectivity index (χ2v) is 8.39. The number of ether oxygens (including phenoxy) is 1. The molecule has 0 atom stereocenters. The molecule has 3 nitrogen and oxygen atoms in total. The first-order valence-corrected chi connectivity index (χ1v) is 8.88. The molecule has 1 fully saturated rings. The van der Waals surface area contributed by atoms with Gasteiger partial charge in [0, 0.05) is 6.61 Å². The lowest BCUT2D eigenvalue weighted by atomic mass is 9.80. The summed E-state index contributed by atoms with van der Waals surface area (Å²) in [6.45, 7) is 12.8. The van der Waals surface area contributed by atoms with Crippen LogP contribution in [-0.4, -0.2) is 24.9 Å². The third kappa shape index (κ3) is 5.40. The van der Waals surface area contributed by atoms with Crippen molar-refractivity contribution in [2.24, 2.45) is 5.41 Å². The van der Waals surface area contributed by atoms with Crippen molar-refractivity contribution in [1.29, 1.82) is 0 Å². The molecule has 0 bridgehead atoms. The largest absolute Gasteiger partial charge is 0.524 e. The normalized spacial score (nSPS) is 20.1. The van der Waals surface area contributed by atoms with Crippen LogP contribution >= 0.6 is 0 Å². The van der Waals surface area contributed by atoms with Gasteiger partial charge in [-0.05, 0) is 45.1 Å². The summed E-state index contributed by atoms with van der Waals surface area (Å²) >= 11 is 0. The lowest BCUT2D eigenvalue weighted by Crippen LogP contribution is -2.41. The maximum Gasteiger partial charge on any atom is 0.524 e. The van der Waals surface area contributed by atoms with Gasteiger partial charge in [-0.2, -0.15) is 0 Å². The van der Waals surface area contributed by atoms with Crippen molar-refractivity contribution in [3.8, 4) is 0 Å². The van der Waals surface area contributed by atoms with Gasteiger partial charge >= 0.3 is 7.12 Å². The van der Waals surface area contributed by atoms with Crippen molar-refractivity contribution < 1.29 is 18.4 Å². The summed E-state index contributed by atoms with van der Waals surface area (Å²) in [4.78, 5) is 0. The molecule has 5 heteroatoms. The minimum Gasteiger partial charge on any atom is -0.398 e. The Morgan fingerprint density at radius 2 is 1.68 bits per heavy atom. The van der Waals surface area contributed by atoms with E-state index < -0.39 is 18.3 Å². The number of benzene rings is 1. The highest BCUT2D eigenvalue weighted by Gasteiger charge is 2.53. The monoisotopic (exact) mass is 348 g/mol. The van der Waals surface area contributed by atoms with E-state index in [1.807, 2.05) is 71.9 Å². The predicted molar refractivity (Wildman–Crippen MR) is 99.8 cm³/mol. The van der Waals surface area contributed by atoms with Gasteiger partial charge < -0.3 is 14.0 Å². The molecule has 0 spiro atoms. The first kappa shape index (κ1) is 20.2. The molecule has 0 amide bonds. The van der Waals surface area contributed by atoms with E-state index in [-0.39, 0.29) is 11.1 Å². The standard InChI is InChI=1S/C20H30BFO3/c1-18(2,12-13-23-15-16-10-8-7-9-11-16)14-17(22)21-24-19(3,4)20(5,6)25-21/h7-11,14H,12-13,15H2,1-6H3. The molecule has 0 radical (unpaired) electrons. The van der Waals surface area contributed by atoms with Crippen molar-refractivity contribution in [1.82, 2.24) is 0 Å². The summed E-state index contributed by atoms with van der Waals surface area (Å²) < 4.78 is 31.9. The molecular formula is C20H30BFO3. The first-order valence-electron chi connectivity index (χ1n) is 8.88. The Morgan fingerprint density at radius 1 is 1.12 bits per heavy atom. The average molecular weight is 348 g/mol. The zero-order valence-corrected chi connectivity index (χ0v) is 16.3. The average Bonchev–Trinajstić information content (AvgIpc) is 2.73. The van der Waals surface area contributed by atoms with Crippen LogP contribution < -0.4 is 0 Å². The Morgan fingerprint density at radius 3 is 2.24 bits per heavy atom. The number of allylic oxidation sites excluding steroid dienone is 1. The van der Waals surface area contributed by atoms with Crippen LogP contribution in [-0.2, 0) is 20.7 Å². The van der Waals surface area contributed by atoms with E-state index in [2.05, 4.69) is 0 Å². The Labute approximate surface area is 151 Å². The first-order chi connectivity index (χ1) is 11.5. The van der Waals surface area contributed by atoms with Crippen molar-refractivity contribution in [2.45, 2.75) is 65.8 Å². The summed E-state index contributed by atoms with van der Waals surface area (Å²) in [6, 6.07) is 10.0. The van der Waals surface area contributed by atoms with Crippen LogP contribution in [0.15, 0.2) is 42.1 Å². The summed E-state index contributed by atoms with van der Waals surface area (Å²) in [5, 5.41) is 0. The van der Waals surface area contributed by atoms with Crippen LogP contribution in [0.3, 0.4) is 0 Å². The summed E-state index contributed by atoms with van der Waals surface area (Å²) in [6.07, 6.45) is 2.31. The van der Waals surface area contributed by atoms with Crippen LogP contribution in [0.2, 0.25) is 0 Å². The van der Waals surface area contributed by atoms with E-state index in [0.29, 0.717) is 19.6 Å². The van der Waals surface area contributed by atoms with Crippen molar-refractivity contribution in [3.63, 3.8) is 0 Å². The van der Waals surface area contributed by atoms with E-state index in [1.54, 1.807) is 6.08 Å². The van der Waals surface area contributed by atoms with Gasteiger partial charge in [0.15, 0.2) is 0 Å². The molecule has 2 rings (SSSR count). The van der Waals surface area contributed by atoms with Gasteiger partial charge in [-0.3, -0.25) is 0 Å². The van der Waals surface area contributed by atoms with E-state index in [9.17, 15) is 4.39 Å². The second kappa shape index (κ2) is 7.61. The minimum absolute atomic E-state index is 0.343. The molecule has 0 saturated carbocycles. The van der Waals surface area contributed by atoms with E-state index in [1.165, 1.54) is 0 Å². The Hall–Kier alpha value is -1.17. The lowest BCUT2D eigenvalue weighted by molar-refractivity contribution is 0.00578. The summed E-state index contributed by atoms with van der Waals surface area (Å²) in [5.41, 5.74) is -0.645. The van der Waals surface area contributed by atoms with Gasteiger partial charge in [-0.15, -0.1) is 0 Å². The summed E-state index contributed by atoms with van der Waals surface area (Å²) in [7, 11) is -0.936. The highest BCUT2D eigenvalue weighted by molar-refractivity contribution is 6.53. The van der Waals surface area contributed by atoms with Crippen LogP contribution in [0.1, 0.15) is 53.5 Å². The third-order valence-corrected chi connectivity index (χ3v) is 5.01. The fourth-order valence-electron chi connectivity index (χ4n) is 2.57. The molecule has 1 aromatic carbocycles. The maximum atomic E-state index is 14.6. The van der Waals surface area contributed by atoms with Gasteiger partial charge in [0.05, 0.1) is 17.8 Å². The van der Waals surface area contributed by atoms with Gasteiger partial charge in [0.1, 0.15) is 5.73 Å². The van der Waals surface area contributed by atoms with Crippen molar-refractivity contribution >= 4 is 7.12 Å². The molecule has 25 heavy (non-hydrogen) atoms. The molecule has 0 aromatic heterocycles. The molecular weight excluding hydrogens is 318 g/mol. The number of rotatable bonds is 7. The second-order valence-electron chi connectivity index (χ2n) is 8.39. The van der Waals surface area contributed by atoms with Gasteiger partial charge in [0.25, 0.3) is 0 Å². The molecule has 1 heterocycles. The Balaban J connectivity index is 1.86. The molecule has 0 aliphatic carbocycles. The minimum atomic E-state index is -0.936. The smallest absolute Gasteiger partial charge is 0.398 e.